The standard InChI is InChI=1S/C15H10N2S/c1-4-8-14-10(5-1)11-9-16-12-6-2-3-7-13(12)17-15(11)18-14/h1-9,17H. The average Bonchev–Trinajstić information content (AvgIpc) is 2.65. The van der Waals surface area contributed by atoms with E-state index < -0.39 is 0 Å². The second-order valence-corrected chi connectivity index (χ2v) is 5.29. The van der Waals surface area contributed by atoms with Crippen molar-refractivity contribution in [2.24, 2.45) is 4.99 Å². The molecule has 0 saturated heterocycles. The maximum atomic E-state index is 4.57. The van der Waals surface area contributed by atoms with Crippen LogP contribution >= 0.6 is 11.3 Å². The molecule has 0 atom stereocenters. The number of hydrogen-bond donors (Lipinski definition) is 1. The summed E-state index contributed by atoms with van der Waals surface area (Å²) >= 11 is 1.77. The maximum Gasteiger partial charge on any atom is 0.103 e. The highest BCUT2D eigenvalue weighted by Gasteiger charge is 2.14. The fourth-order valence-electron chi connectivity index (χ4n) is 2.23. The predicted molar refractivity (Wildman–Crippen MR) is 78.8 cm³/mol. The van der Waals surface area contributed by atoms with Crippen LogP contribution in [0.25, 0.3) is 10.1 Å². The molecule has 0 bridgehead atoms. The molecule has 0 amide bonds. The Morgan fingerprint density at radius 1 is 0.944 bits per heavy atom. The molecular weight excluding hydrogens is 240 g/mol. The molecule has 0 saturated carbocycles. The van der Waals surface area contributed by atoms with Gasteiger partial charge in [0.1, 0.15) is 5.00 Å². The van der Waals surface area contributed by atoms with Gasteiger partial charge in [-0.3, -0.25) is 4.99 Å². The molecule has 3 heteroatoms. The van der Waals surface area contributed by atoms with Crippen LogP contribution in [0, 0.1) is 0 Å². The fourth-order valence-corrected chi connectivity index (χ4v) is 3.32. The summed E-state index contributed by atoms with van der Waals surface area (Å²) in [6.07, 6.45) is 1.97. The number of thiophene rings is 1. The lowest BCUT2D eigenvalue weighted by molar-refractivity contribution is 1.53. The van der Waals surface area contributed by atoms with Crippen molar-refractivity contribution < 1.29 is 0 Å². The van der Waals surface area contributed by atoms with Crippen molar-refractivity contribution in [3.8, 4) is 0 Å². The van der Waals surface area contributed by atoms with E-state index in [1.54, 1.807) is 11.3 Å². The minimum Gasteiger partial charge on any atom is -0.345 e. The molecule has 4 rings (SSSR count). The number of fused-ring (bicyclic) bond motifs is 4. The minimum atomic E-state index is 0.991. The number of benzene rings is 2. The van der Waals surface area contributed by atoms with Gasteiger partial charge in [0.05, 0.1) is 11.4 Å². The van der Waals surface area contributed by atoms with Crippen molar-refractivity contribution in [2.45, 2.75) is 0 Å². The van der Waals surface area contributed by atoms with Crippen molar-refractivity contribution in [1.82, 2.24) is 0 Å². The van der Waals surface area contributed by atoms with Gasteiger partial charge in [-0.1, -0.05) is 30.3 Å². The molecule has 18 heavy (non-hydrogen) atoms. The van der Waals surface area contributed by atoms with Gasteiger partial charge < -0.3 is 5.32 Å². The van der Waals surface area contributed by atoms with Crippen LogP contribution in [0.5, 0.6) is 0 Å². The average molecular weight is 250 g/mol. The van der Waals surface area contributed by atoms with Gasteiger partial charge in [-0.15, -0.1) is 11.3 Å². The largest absolute Gasteiger partial charge is 0.345 e. The Balaban J connectivity index is 2.00. The quantitative estimate of drug-likeness (QED) is 0.480. The first-order chi connectivity index (χ1) is 8.92. The Morgan fingerprint density at radius 3 is 2.78 bits per heavy atom. The lowest BCUT2D eigenvalue weighted by Gasteiger charge is -2.04. The van der Waals surface area contributed by atoms with Crippen LogP contribution in [0.2, 0.25) is 0 Å². The molecule has 0 radical (unpaired) electrons. The second-order valence-electron chi connectivity index (χ2n) is 4.24. The summed E-state index contributed by atoms with van der Waals surface area (Å²) in [7, 11) is 0. The lowest BCUT2D eigenvalue weighted by Crippen LogP contribution is -1.87. The summed E-state index contributed by atoms with van der Waals surface area (Å²) < 4.78 is 1.29. The Morgan fingerprint density at radius 2 is 1.78 bits per heavy atom. The molecule has 0 spiro atoms. The van der Waals surface area contributed by atoms with Crippen LogP contribution in [0.15, 0.2) is 53.5 Å². The zero-order valence-corrected chi connectivity index (χ0v) is 10.4. The first-order valence-electron chi connectivity index (χ1n) is 5.83. The summed E-state index contributed by atoms with van der Waals surface area (Å²) in [5.41, 5.74) is 3.25. The van der Waals surface area contributed by atoms with E-state index in [2.05, 4.69) is 40.6 Å². The van der Waals surface area contributed by atoms with E-state index in [0.29, 0.717) is 0 Å². The van der Waals surface area contributed by atoms with Gasteiger partial charge >= 0.3 is 0 Å². The summed E-state index contributed by atoms with van der Waals surface area (Å²) in [6.45, 7) is 0. The van der Waals surface area contributed by atoms with Gasteiger partial charge in [0.2, 0.25) is 0 Å². The third-order valence-electron chi connectivity index (χ3n) is 3.12. The van der Waals surface area contributed by atoms with Crippen molar-refractivity contribution in [1.29, 1.82) is 0 Å². The van der Waals surface area contributed by atoms with E-state index in [1.807, 2.05) is 24.4 Å². The predicted octanol–water partition coefficient (Wildman–Crippen LogP) is 4.71. The first-order valence-corrected chi connectivity index (χ1v) is 6.65. The van der Waals surface area contributed by atoms with Crippen LogP contribution in [0.4, 0.5) is 16.4 Å². The fraction of sp³-hybridized carbons (Fsp3) is 0. The lowest BCUT2D eigenvalue weighted by atomic mass is 10.2. The molecule has 2 heterocycles. The Kier molecular flexibility index (Phi) is 2.02. The molecule has 1 N–H and O–H groups in total. The van der Waals surface area contributed by atoms with Gasteiger partial charge in [0.15, 0.2) is 0 Å². The van der Waals surface area contributed by atoms with Crippen molar-refractivity contribution >= 4 is 44.0 Å². The number of hydrogen-bond acceptors (Lipinski definition) is 3. The number of anilines is 2. The van der Waals surface area contributed by atoms with Crippen molar-refractivity contribution in [3.63, 3.8) is 0 Å². The Hall–Kier alpha value is -2.13. The van der Waals surface area contributed by atoms with E-state index in [1.165, 1.54) is 20.7 Å². The number of para-hydroxylation sites is 2. The number of nitrogens with one attached hydrogen (secondary N) is 1. The minimum absolute atomic E-state index is 0.991. The molecule has 0 aliphatic carbocycles. The van der Waals surface area contributed by atoms with Crippen LogP contribution in [0.1, 0.15) is 5.56 Å². The van der Waals surface area contributed by atoms with Gasteiger partial charge in [0.25, 0.3) is 0 Å². The van der Waals surface area contributed by atoms with E-state index >= 15 is 0 Å². The van der Waals surface area contributed by atoms with E-state index in [0.717, 1.165) is 11.4 Å². The second kappa shape index (κ2) is 3.68. The highest BCUT2D eigenvalue weighted by molar-refractivity contribution is 7.23. The van der Waals surface area contributed by atoms with Crippen molar-refractivity contribution in [3.05, 3.63) is 54.1 Å². The Labute approximate surface area is 109 Å². The molecule has 3 aromatic rings. The summed E-state index contributed by atoms with van der Waals surface area (Å²) in [6, 6.07) is 16.6. The molecule has 2 aromatic carbocycles. The monoisotopic (exact) mass is 250 g/mol. The highest BCUT2D eigenvalue weighted by atomic mass is 32.1. The molecule has 1 aliphatic rings. The molecule has 1 aliphatic heterocycles. The zero-order valence-electron chi connectivity index (χ0n) is 9.55. The summed E-state index contributed by atoms with van der Waals surface area (Å²) in [4.78, 5) is 4.57. The molecule has 2 nitrogen and oxygen atoms in total. The van der Waals surface area contributed by atoms with Gasteiger partial charge in [-0.25, -0.2) is 0 Å². The smallest absolute Gasteiger partial charge is 0.103 e. The molecule has 1 aromatic heterocycles. The molecule has 86 valence electrons. The number of nitrogens with zero attached hydrogens (tertiary/aromatic N) is 1. The van der Waals surface area contributed by atoms with Crippen LogP contribution in [0.3, 0.4) is 0 Å². The number of rotatable bonds is 0. The van der Waals surface area contributed by atoms with E-state index in [9.17, 15) is 0 Å². The van der Waals surface area contributed by atoms with Gasteiger partial charge in [-0.05, 0) is 18.2 Å². The normalized spacial score (nSPS) is 12.7. The Bertz CT molecular complexity index is 771. The van der Waals surface area contributed by atoms with E-state index in [4.69, 9.17) is 0 Å². The highest BCUT2D eigenvalue weighted by Crippen LogP contribution is 2.40. The first kappa shape index (κ1) is 9.85. The van der Waals surface area contributed by atoms with Crippen LogP contribution in [-0.4, -0.2) is 6.21 Å². The molecule has 0 unspecified atom stereocenters. The third kappa shape index (κ3) is 1.38. The van der Waals surface area contributed by atoms with E-state index in [-0.39, 0.29) is 0 Å². The van der Waals surface area contributed by atoms with Gasteiger partial charge in [0, 0.05) is 21.9 Å². The molecular formula is C15H10N2S. The summed E-state index contributed by atoms with van der Waals surface area (Å²) in [5, 5.41) is 5.92. The zero-order chi connectivity index (χ0) is 11.9. The number of aliphatic imine (C=N–C) groups is 1. The molecule has 0 fully saturated rings. The maximum absolute atomic E-state index is 4.57. The topological polar surface area (TPSA) is 24.4 Å². The van der Waals surface area contributed by atoms with Gasteiger partial charge in [-0.2, -0.15) is 0 Å². The third-order valence-corrected chi connectivity index (χ3v) is 4.22. The SMILES string of the molecule is C1=Nc2ccccc2Nc2sc3ccccc3c21. The van der Waals surface area contributed by atoms with Crippen LogP contribution < -0.4 is 5.32 Å². The van der Waals surface area contributed by atoms with Crippen LogP contribution in [-0.2, 0) is 0 Å². The summed E-state index contributed by atoms with van der Waals surface area (Å²) in [5.74, 6) is 0. The van der Waals surface area contributed by atoms with Crippen molar-refractivity contribution in [2.75, 3.05) is 5.32 Å².